The predicted molar refractivity (Wildman–Crippen MR) is 78.2 cm³/mol. The van der Waals surface area contributed by atoms with E-state index in [2.05, 4.69) is 5.32 Å². The number of aryl methyl sites for hydroxylation is 1. The molecule has 0 radical (unpaired) electrons. The van der Waals surface area contributed by atoms with Crippen LogP contribution in [0.5, 0.6) is 0 Å². The Morgan fingerprint density at radius 2 is 2.00 bits per heavy atom. The normalized spacial score (nSPS) is 10.2. The Morgan fingerprint density at radius 1 is 1.26 bits per heavy atom. The second kappa shape index (κ2) is 5.76. The SMILES string of the molecule is Cc1cc(Cl)cc(C(=O)NCc2ccccc2N)c1. The first kappa shape index (κ1) is 13.4. The summed E-state index contributed by atoms with van der Waals surface area (Å²) in [6.07, 6.45) is 0. The zero-order chi connectivity index (χ0) is 13.8. The van der Waals surface area contributed by atoms with Crippen LogP contribution in [-0.4, -0.2) is 5.91 Å². The number of anilines is 1. The Labute approximate surface area is 117 Å². The third kappa shape index (κ3) is 3.48. The molecule has 3 nitrogen and oxygen atoms in total. The highest BCUT2D eigenvalue weighted by molar-refractivity contribution is 6.31. The number of benzene rings is 2. The number of carbonyl (C=O) groups is 1. The summed E-state index contributed by atoms with van der Waals surface area (Å²) in [6, 6.07) is 12.7. The number of rotatable bonds is 3. The van der Waals surface area contributed by atoms with E-state index in [1.165, 1.54) is 0 Å². The number of hydrogen-bond acceptors (Lipinski definition) is 2. The highest BCUT2D eigenvalue weighted by Crippen LogP contribution is 2.15. The summed E-state index contributed by atoms with van der Waals surface area (Å²) in [7, 11) is 0. The molecule has 0 atom stereocenters. The molecular formula is C15H15ClN2O. The van der Waals surface area contributed by atoms with Gasteiger partial charge in [0.15, 0.2) is 0 Å². The van der Waals surface area contributed by atoms with E-state index in [9.17, 15) is 4.79 Å². The van der Waals surface area contributed by atoms with Gasteiger partial charge < -0.3 is 11.1 Å². The molecule has 2 rings (SSSR count). The average Bonchev–Trinajstić information content (AvgIpc) is 2.36. The minimum Gasteiger partial charge on any atom is -0.398 e. The zero-order valence-electron chi connectivity index (χ0n) is 10.6. The third-order valence-corrected chi connectivity index (χ3v) is 3.02. The van der Waals surface area contributed by atoms with Gasteiger partial charge in [-0.3, -0.25) is 4.79 Å². The van der Waals surface area contributed by atoms with E-state index in [0.29, 0.717) is 22.8 Å². The molecule has 0 aliphatic rings. The highest BCUT2D eigenvalue weighted by Gasteiger charge is 2.07. The van der Waals surface area contributed by atoms with Crippen LogP contribution in [0.3, 0.4) is 0 Å². The predicted octanol–water partition coefficient (Wildman–Crippen LogP) is 3.16. The summed E-state index contributed by atoms with van der Waals surface area (Å²) in [4.78, 5) is 12.0. The highest BCUT2D eigenvalue weighted by atomic mass is 35.5. The maximum Gasteiger partial charge on any atom is 0.251 e. The lowest BCUT2D eigenvalue weighted by Gasteiger charge is -2.08. The molecule has 0 fully saturated rings. The van der Waals surface area contributed by atoms with Crippen LogP contribution in [0, 0.1) is 6.92 Å². The first-order valence-corrected chi connectivity index (χ1v) is 6.33. The number of carbonyl (C=O) groups excluding carboxylic acids is 1. The van der Waals surface area contributed by atoms with Crippen molar-refractivity contribution in [3.63, 3.8) is 0 Å². The summed E-state index contributed by atoms with van der Waals surface area (Å²) in [5, 5.41) is 3.39. The molecule has 98 valence electrons. The fraction of sp³-hybridized carbons (Fsp3) is 0.133. The molecule has 0 spiro atoms. The summed E-state index contributed by atoms with van der Waals surface area (Å²) < 4.78 is 0. The maximum atomic E-state index is 12.0. The molecule has 0 saturated heterocycles. The summed E-state index contributed by atoms with van der Waals surface area (Å²) >= 11 is 5.94. The minimum atomic E-state index is -0.158. The van der Waals surface area contributed by atoms with Crippen LogP contribution in [0.2, 0.25) is 5.02 Å². The van der Waals surface area contributed by atoms with Crippen molar-refractivity contribution in [1.29, 1.82) is 0 Å². The van der Waals surface area contributed by atoms with E-state index in [-0.39, 0.29) is 5.91 Å². The van der Waals surface area contributed by atoms with Crippen molar-refractivity contribution in [2.75, 3.05) is 5.73 Å². The van der Waals surface area contributed by atoms with Crippen LogP contribution in [0.25, 0.3) is 0 Å². The number of nitrogens with two attached hydrogens (primary N) is 1. The Balaban J connectivity index is 2.08. The number of amides is 1. The van der Waals surface area contributed by atoms with E-state index in [1.807, 2.05) is 37.3 Å². The van der Waals surface area contributed by atoms with E-state index in [0.717, 1.165) is 11.1 Å². The third-order valence-electron chi connectivity index (χ3n) is 2.80. The van der Waals surface area contributed by atoms with Gasteiger partial charge in [0.1, 0.15) is 0 Å². The van der Waals surface area contributed by atoms with Crippen molar-refractivity contribution in [1.82, 2.24) is 5.32 Å². The smallest absolute Gasteiger partial charge is 0.251 e. The molecule has 3 N–H and O–H groups in total. The van der Waals surface area contributed by atoms with Crippen LogP contribution < -0.4 is 11.1 Å². The van der Waals surface area contributed by atoms with Crippen molar-refractivity contribution in [2.45, 2.75) is 13.5 Å². The van der Waals surface area contributed by atoms with Gasteiger partial charge in [0.2, 0.25) is 0 Å². The van der Waals surface area contributed by atoms with E-state index < -0.39 is 0 Å². The molecule has 0 heterocycles. The molecule has 0 unspecified atom stereocenters. The largest absolute Gasteiger partial charge is 0.398 e. The van der Waals surface area contributed by atoms with Gasteiger partial charge in [-0.05, 0) is 42.3 Å². The number of halogens is 1. The average molecular weight is 275 g/mol. The standard InChI is InChI=1S/C15H15ClN2O/c1-10-6-12(8-13(16)7-10)15(19)18-9-11-4-2-3-5-14(11)17/h2-8H,9,17H2,1H3,(H,18,19). The van der Waals surface area contributed by atoms with E-state index >= 15 is 0 Å². The first-order valence-electron chi connectivity index (χ1n) is 5.95. The lowest BCUT2D eigenvalue weighted by atomic mass is 10.1. The minimum absolute atomic E-state index is 0.158. The van der Waals surface area contributed by atoms with Crippen molar-refractivity contribution in [2.24, 2.45) is 0 Å². The van der Waals surface area contributed by atoms with Crippen LogP contribution in [-0.2, 0) is 6.54 Å². The number of nitrogen functional groups attached to an aromatic ring is 1. The fourth-order valence-electron chi connectivity index (χ4n) is 1.84. The van der Waals surface area contributed by atoms with Crippen molar-refractivity contribution >= 4 is 23.2 Å². The maximum absolute atomic E-state index is 12.0. The number of nitrogens with one attached hydrogen (secondary N) is 1. The van der Waals surface area contributed by atoms with Gasteiger partial charge in [-0.2, -0.15) is 0 Å². The Hall–Kier alpha value is -2.00. The molecule has 0 saturated carbocycles. The number of hydrogen-bond donors (Lipinski definition) is 2. The van der Waals surface area contributed by atoms with Crippen molar-refractivity contribution < 1.29 is 4.79 Å². The van der Waals surface area contributed by atoms with Gasteiger partial charge in [0.05, 0.1) is 0 Å². The molecule has 1 amide bonds. The second-order valence-corrected chi connectivity index (χ2v) is 4.84. The molecule has 0 aliphatic heterocycles. The fourth-order valence-corrected chi connectivity index (χ4v) is 2.13. The Morgan fingerprint density at radius 3 is 2.68 bits per heavy atom. The lowest BCUT2D eigenvalue weighted by molar-refractivity contribution is 0.0951. The lowest BCUT2D eigenvalue weighted by Crippen LogP contribution is -2.23. The zero-order valence-corrected chi connectivity index (χ0v) is 11.4. The van der Waals surface area contributed by atoms with Gasteiger partial charge in [-0.25, -0.2) is 0 Å². The topological polar surface area (TPSA) is 55.1 Å². The molecule has 0 bridgehead atoms. The monoisotopic (exact) mass is 274 g/mol. The molecule has 0 aromatic heterocycles. The molecule has 2 aromatic rings. The van der Waals surface area contributed by atoms with Crippen LogP contribution in [0.1, 0.15) is 21.5 Å². The summed E-state index contributed by atoms with van der Waals surface area (Å²) in [5.41, 5.74) is 8.90. The molecular weight excluding hydrogens is 260 g/mol. The van der Waals surface area contributed by atoms with Gasteiger partial charge in [-0.1, -0.05) is 29.8 Å². The molecule has 19 heavy (non-hydrogen) atoms. The Kier molecular flexibility index (Phi) is 4.07. The van der Waals surface area contributed by atoms with Crippen LogP contribution in [0.15, 0.2) is 42.5 Å². The second-order valence-electron chi connectivity index (χ2n) is 4.40. The first-order chi connectivity index (χ1) is 9.06. The van der Waals surface area contributed by atoms with Gasteiger partial charge in [-0.15, -0.1) is 0 Å². The van der Waals surface area contributed by atoms with Gasteiger partial charge in [0.25, 0.3) is 5.91 Å². The Bertz CT molecular complexity index is 591. The van der Waals surface area contributed by atoms with E-state index in [4.69, 9.17) is 17.3 Å². The molecule has 4 heteroatoms. The van der Waals surface area contributed by atoms with Gasteiger partial charge >= 0.3 is 0 Å². The molecule has 2 aromatic carbocycles. The van der Waals surface area contributed by atoms with Crippen molar-refractivity contribution in [3.05, 3.63) is 64.2 Å². The van der Waals surface area contributed by atoms with E-state index in [1.54, 1.807) is 12.1 Å². The van der Waals surface area contributed by atoms with Crippen molar-refractivity contribution in [3.8, 4) is 0 Å². The summed E-state index contributed by atoms with van der Waals surface area (Å²) in [5.74, 6) is -0.158. The van der Waals surface area contributed by atoms with Gasteiger partial charge in [0, 0.05) is 22.8 Å². The summed E-state index contributed by atoms with van der Waals surface area (Å²) in [6.45, 7) is 2.30. The van der Waals surface area contributed by atoms with Crippen LogP contribution >= 0.6 is 11.6 Å². The molecule has 0 aliphatic carbocycles. The van der Waals surface area contributed by atoms with Crippen LogP contribution in [0.4, 0.5) is 5.69 Å². The number of para-hydroxylation sites is 1. The quantitative estimate of drug-likeness (QED) is 0.845.